The molecule has 0 aliphatic carbocycles. The standard InChI is InChI=1S/C15H33NO/c1-3-4-5-6-7-8-9-10-11-12-13-16-14-15-17-2/h16H,3-15H2,1-2H3. The Hall–Kier alpha value is -0.0800. The molecular weight excluding hydrogens is 210 g/mol. The van der Waals surface area contributed by atoms with Crippen molar-refractivity contribution in [1.82, 2.24) is 5.32 Å². The summed E-state index contributed by atoms with van der Waals surface area (Å²) in [4.78, 5) is 0. The fourth-order valence-electron chi connectivity index (χ4n) is 2.04. The van der Waals surface area contributed by atoms with E-state index in [1.54, 1.807) is 7.11 Å². The van der Waals surface area contributed by atoms with Crippen molar-refractivity contribution in [2.75, 3.05) is 26.8 Å². The van der Waals surface area contributed by atoms with Gasteiger partial charge in [-0.3, -0.25) is 0 Å². The SMILES string of the molecule is CCCCCCCCCCCCNCCOC. The Labute approximate surface area is 109 Å². The van der Waals surface area contributed by atoms with Gasteiger partial charge in [-0.15, -0.1) is 0 Å². The lowest BCUT2D eigenvalue weighted by Gasteiger charge is -2.04. The van der Waals surface area contributed by atoms with Crippen LogP contribution in [0.2, 0.25) is 0 Å². The van der Waals surface area contributed by atoms with Gasteiger partial charge in [0.15, 0.2) is 0 Å². The molecule has 0 amide bonds. The average molecular weight is 243 g/mol. The van der Waals surface area contributed by atoms with Crippen LogP contribution in [0.4, 0.5) is 0 Å². The molecule has 0 rings (SSSR count). The lowest BCUT2D eigenvalue weighted by Crippen LogP contribution is -2.20. The van der Waals surface area contributed by atoms with E-state index in [0.29, 0.717) is 0 Å². The number of nitrogens with one attached hydrogen (secondary N) is 1. The van der Waals surface area contributed by atoms with Gasteiger partial charge in [0.2, 0.25) is 0 Å². The van der Waals surface area contributed by atoms with Gasteiger partial charge in [-0.05, 0) is 13.0 Å². The van der Waals surface area contributed by atoms with Gasteiger partial charge >= 0.3 is 0 Å². The monoisotopic (exact) mass is 243 g/mol. The maximum Gasteiger partial charge on any atom is 0.0587 e. The smallest absolute Gasteiger partial charge is 0.0587 e. The molecule has 0 aromatic rings. The first-order chi connectivity index (χ1) is 8.41. The molecular formula is C15H33NO. The van der Waals surface area contributed by atoms with E-state index in [2.05, 4.69) is 12.2 Å². The summed E-state index contributed by atoms with van der Waals surface area (Å²) < 4.78 is 4.98. The van der Waals surface area contributed by atoms with Gasteiger partial charge in [0, 0.05) is 13.7 Å². The highest BCUT2D eigenvalue weighted by Gasteiger charge is 1.92. The molecule has 0 saturated carbocycles. The minimum Gasteiger partial charge on any atom is -0.383 e. The van der Waals surface area contributed by atoms with E-state index >= 15 is 0 Å². The van der Waals surface area contributed by atoms with E-state index in [1.165, 1.54) is 64.2 Å². The molecule has 17 heavy (non-hydrogen) atoms. The summed E-state index contributed by atoms with van der Waals surface area (Å²) in [6, 6.07) is 0. The second kappa shape index (κ2) is 15.9. The third kappa shape index (κ3) is 15.9. The maximum absolute atomic E-state index is 4.98. The predicted molar refractivity (Wildman–Crippen MR) is 76.6 cm³/mol. The average Bonchev–Trinajstić information content (AvgIpc) is 2.35. The largest absolute Gasteiger partial charge is 0.383 e. The number of unbranched alkanes of at least 4 members (excludes halogenated alkanes) is 9. The van der Waals surface area contributed by atoms with Gasteiger partial charge in [-0.1, -0.05) is 64.7 Å². The van der Waals surface area contributed by atoms with Crippen LogP contribution in [0.1, 0.15) is 71.1 Å². The quantitative estimate of drug-likeness (QED) is 0.463. The van der Waals surface area contributed by atoms with Gasteiger partial charge in [-0.2, -0.15) is 0 Å². The molecule has 0 radical (unpaired) electrons. The van der Waals surface area contributed by atoms with Gasteiger partial charge in [0.25, 0.3) is 0 Å². The van der Waals surface area contributed by atoms with E-state index < -0.39 is 0 Å². The first-order valence-electron chi connectivity index (χ1n) is 7.61. The first kappa shape index (κ1) is 16.9. The topological polar surface area (TPSA) is 21.3 Å². The lowest BCUT2D eigenvalue weighted by molar-refractivity contribution is 0.199. The van der Waals surface area contributed by atoms with Crippen LogP contribution in [-0.2, 0) is 4.74 Å². The summed E-state index contributed by atoms with van der Waals surface area (Å²) in [6.45, 7) is 5.26. The summed E-state index contributed by atoms with van der Waals surface area (Å²) in [6.07, 6.45) is 14.1. The molecule has 0 aromatic heterocycles. The van der Waals surface area contributed by atoms with Crippen LogP contribution < -0.4 is 5.32 Å². The number of hydrogen-bond acceptors (Lipinski definition) is 2. The molecule has 0 unspecified atom stereocenters. The van der Waals surface area contributed by atoms with E-state index in [0.717, 1.165) is 19.7 Å². The van der Waals surface area contributed by atoms with Crippen LogP contribution in [0.25, 0.3) is 0 Å². The lowest BCUT2D eigenvalue weighted by atomic mass is 10.1. The first-order valence-corrected chi connectivity index (χ1v) is 7.61. The van der Waals surface area contributed by atoms with E-state index in [4.69, 9.17) is 4.74 Å². The van der Waals surface area contributed by atoms with Gasteiger partial charge in [-0.25, -0.2) is 0 Å². The van der Waals surface area contributed by atoms with Crippen molar-refractivity contribution in [2.24, 2.45) is 0 Å². The summed E-state index contributed by atoms with van der Waals surface area (Å²) in [5.41, 5.74) is 0. The Bertz CT molecular complexity index is 114. The van der Waals surface area contributed by atoms with Crippen molar-refractivity contribution in [3.8, 4) is 0 Å². The van der Waals surface area contributed by atoms with Gasteiger partial charge < -0.3 is 10.1 Å². The summed E-state index contributed by atoms with van der Waals surface area (Å²) >= 11 is 0. The molecule has 0 fully saturated rings. The van der Waals surface area contributed by atoms with Crippen LogP contribution in [0.15, 0.2) is 0 Å². The third-order valence-electron chi connectivity index (χ3n) is 3.19. The third-order valence-corrected chi connectivity index (χ3v) is 3.19. The number of methoxy groups -OCH3 is 1. The van der Waals surface area contributed by atoms with E-state index in [9.17, 15) is 0 Å². The summed E-state index contributed by atoms with van der Waals surface area (Å²) in [7, 11) is 1.75. The molecule has 0 aliphatic heterocycles. The Kier molecular flexibility index (Phi) is 15.8. The Morgan fingerprint density at radius 3 is 1.76 bits per heavy atom. The van der Waals surface area contributed by atoms with Crippen LogP contribution in [0.5, 0.6) is 0 Å². The minimum atomic E-state index is 0.831. The predicted octanol–water partition coefficient (Wildman–Crippen LogP) is 4.14. The summed E-state index contributed by atoms with van der Waals surface area (Å²) in [5.74, 6) is 0. The van der Waals surface area contributed by atoms with Crippen LogP contribution >= 0.6 is 0 Å². The molecule has 0 heterocycles. The zero-order chi connectivity index (χ0) is 12.6. The normalized spacial score (nSPS) is 10.9. The second-order valence-electron chi connectivity index (χ2n) is 4.92. The van der Waals surface area contributed by atoms with Crippen molar-refractivity contribution >= 4 is 0 Å². The molecule has 0 spiro atoms. The van der Waals surface area contributed by atoms with E-state index in [1.807, 2.05) is 0 Å². The van der Waals surface area contributed by atoms with Crippen molar-refractivity contribution < 1.29 is 4.74 Å². The zero-order valence-electron chi connectivity index (χ0n) is 12.1. The van der Waals surface area contributed by atoms with Crippen molar-refractivity contribution in [3.63, 3.8) is 0 Å². The molecule has 0 bridgehead atoms. The fraction of sp³-hybridized carbons (Fsp3) is 1.00. The Morgan fingerprint density at radius 1 is 0.706 bits per heavy atom. The van der Waals surface area contributed by atoms with Gasteiger partial charge in [0.05, 0.1) is 6.61 Å². The zero-order valence-corrected chi connectivity index (χ0v) is 12.1. The molecule has 0 aliphatic rings. The molecule has 2 nitrogen and oxygen atoms in total. The van der Waals surface area contributed by atoms with Crippen molar-refractivity contribution in [1.29, 1.82) is 0 Å². The highest BCUT2D eigenvalue weighted by molar-refractivity contribution is 4.50. The minimum absolute atomic E-state index is 0.831. The summed E-state index contributed by atoms with van der Waals surface area (Å²) in [5, 5.41) is 3.39. The number of ether oxygens (including phenoxy) is 1. The fourth-order valence-corrected chi connectivity index (χ4v) is 2.04. The Morgan fingerprint density at radius 2 is 1.24 bits per heavy atom. The number of rotatable bonds is 14. The van der Waals surface area contributed by atoms with Crippen LogP contribution in [-0.4, -0.2) is 26.8 Å². The molecule has 1 N–H and O–H groups in total. The van der Waals surface area contributed by atoms with Crippen LogP contribution in [0.3, 0.4) is 0 Å². The van der Waals surface area contributed by atoms with Crippen molar-refractivity contribution in [2.45, 2.75) is 71.1 Å². The molecule has 0 atom stereocenters. The molecule has 2 heteroatoms. The molecule has 0 aromatic carbocycles. The number of hydrogen-bond donors (Lipinski definition) is 1. The van der Waals surface area contributed by atoms with Crippen LogP contribution in [0, 0.1) is 0 Å². The Balaban J connectivity index is 2.85. The second-order valence-corrected chi connectivity index (χ2v) is 4.92. The molecule has 104 valence electrons. The van der Waals surface area contributed by atoms with E-state index in [-0.39, 0.29) is 0 Å². The maximum atomic E-state index is 4.98. The highest BCUT2D eigenvalue weighted by atomic mass is 16.5. The van der Waals surface area contributed by atoms with Crippen molar-refractivity contribution in [3.05, 3.63) is 0 Å². The van der Waals surface area contributed by atoms with Gasteiger partial charge in [0.1, 0.15) is 0 Å². The molecule has 0 saturated heterocycles. The highest BCUT2D eigenvalue weighted by Crippen LogP contribution is 2.10.